The molecule has 0 radical (unpaired) electrons. The van der Waals surface area contributed by atoms with Gasteiger partial charge in [-0.3, -0.25) is 14.4 Å². The summed E-state index contributed by atoms with van der Waals surface area (Å²) in [7, 11) is 1.23. The predicted molar refractivity (Wildman–Crippen MR) is 147 cm³/mol. The molecule has 1 aliphatic rings. The number of urea groups is 1. The second kappa shape index (κ2) is 16.2. The summed E-state index contributed by atoms with van der Waals surface area (Å²) in [5.41, 5.74) is 2.08. The fraction of sp³-hybridized carbons (Fsp3) is 0.536. The lowest BCUT2D eigenvalue weighted by atomic mass is 10.0. The van der Waals surface area contributed by atoms with E-state index in [0.29, 0.717) is 25.8 Å². The third-order valence-electron chi connectivity index (χ3n) is 6.28. The first kappa shape index (κ1) is 31.3. The zero-order chi connectivity index (χ0) is 28.8. The summed E-state index contributed by atoms with van der Waals surface area (Å²) in [5.74, 6) is -1.94. The minimum absolute atomic E-state index is 0.214. The van der Waals surface area contributed by atoms with E-state index in [1.165, 1.54) is 13.2 Å². The van der Waals surface area contributed by atoms with E-state index in [1.54, 1.807) is 19.9 Å². The van der Waals surface area contributed by atoms with Gasteiger partial charge in [0.15, 0.2) is 0 Å². The van der Waals surface area contributed by atoms with Gasteiger partial charge in [-0.25, -0.2) is 9.59 Å². The number of benzene rings is 1. The summed E-state index contributed by atoms with van der Waals surface area (Å²) in [6.07, 6.45) is 6.12. The monoisotopic (exact) mass is 543 g/mol. The Balaban J connectivity index is 2.06. The maximum atomic E-state index is 13.3. The van der Waals surface area contributed by atoms with Crippen LogP contribution in [-0.4, -0.2) is 68.0 Å². The molecule has 0 bridgehead atoms. The number of hydrogen-bond acceptors (Lipinski definition) is 6. The van der Waals surface area contributed by atoms with Crippen molar-refractivity contribution in [1.82, 2.24) is 26.6 Å². The van der Waals surface area contributed by atoms with Gasteiger partial charge in [0, 0.05) is 12.6 Å². The van der Waals surface area contributed by atoms with Gasteiger partial charge in [0.25, 0.3) is 0 Å². The van der Waals surface area contributed by atoms with Crippen LogP contribution in [0.25, 0.3) is 0 Å². The summed E-state index contributed by atoms with van der Waals surface area (Å²) in [5, 5.41) is 13.4. The van der Waals surface area contributed by atoms with Crippen LogP contribution in [0.1, 0.15) is 50.7 Å². The number of ether oxygens (including phenoxy) is 1. The zero-order valence-corrected chi connectivity index (χ0v) is 23.2. The number of nitrogens with one attached hydrogen (secondary N) is 5. The van der Waals surface area contributed by atoms with Crippen molar-refractivity contribution in [3.63, 3.8) is 0 Å². The van der Waals surface area contributed by atoms with E-state index in [-0.39, 0.29) is 24.3 Å². The van der Waals surface area contributed by atoms with E-state index in [4.69, 9.17) is 4.74 Å². The number of carbonyl (C=O) groups excluding carboxylic acids is 5. The van der Waals surface area contributed by atoms with Gasteiger partial charge in [-0.05, 0) is 37.7 Å². The van der Waals surface area contributed by atoms with E-state index < -0.39 is 36.0 Å². The Kier molecular flexibility index (Phi) is 13.0. The predicted octanol–water partition coefficient (Wildman–Crippen LogP) is 1.25. The summed E-state index contributed by atoms with van der Waals surface area (Å²) in [4.78, 5) is 62.2. The molecule has 11 heteroatoms. The number of amides is 5. The van der Waals surface area contributed by atoms with Crippen LogP contribution < -0.4 is 26.6 Å². The molecule has 0 fully saturated rings. The van der Waals surface area contributed by atoms with E-state index in [1.807, 2.05) is 31.2 Å². The Hall–Kier alpha value is -3.89. The third-order valence-corrected chi connectivity index (χ3v) is 6.28. The molecule has 0 aliphatic carbocycles. The van der Waals surface area contributed by atoms with Gasteiger partial charge in [-0.1, -0.05) is 62.6 Å². The average molecular weight is 544 g/mol. The molecule has 1 unspecified atom stereocenters. The molecular weight excluding hydrogens is 502 g/mol. The van der Waals surface area contributed by atoms with E-state index >= 15 is 0 Å². The largest absolute Gasteiger partial charge is 0.467 e. The molecule has 0 spiro atoms. The van der Waals surface area contributed by atoms with Crippen molar-refractivity contribution in [2.24, 2.45) is 5.92 Å². The first-order chi connectivity index (χ1) is 18.6. The number of esters is 1. The van der Waals surface area contributed by atoms with Gasteiger partial charge in [0.2, 0.25) is 17.7 Å². The highest BCUT2D eigenvalue weighted by Gasteiger charge is 2.26. The highest BCUT2D eigenvalue weighted by Crippen LogP contribution is 2.10. The Morgan fingerprint density at radius 3 is 2.59 bits per heavy atom. The van der Waals surface area contributed by atoms with Crippen LogP contribution >= 0.6 is 0 Å². The normalized spacial score (nSPS) is 20.1. The van der Waals surface area contributed by atoms with Gasteiger partial charge < -0.3 is 31.3 Å². The molecule has 0 saturated carbocycles. The fourth-order valence-electron chi connectivity index (χ4n) is 4.16. The van der Waals surface area contributed by atoms with E-state index in [9.17, 15) is 24.0 Å². The molecule has 5 N–H and O–H groups in total. The highest BCUT2D eigenvalue weighted by molar-refractivity contribution is 5.91. The molecule has 1 aromatic carbocycles. The molecule has 2 rings (SSSR count). The van der Waals surface area contributed by atoms with Gasteiger partial charge >= 0.3 is 12.0 Å². The maximum Gasteiger partial charge on any atom is 0.328 e. The van der Waals surface area contributed by atoms with Gasteiger partial charge in [0.05, 0.1) is 19.7 Å². The SMILES string of the molecule is COC(=O)C(NC(=O)NCC(=O)N[C@H]1CCCCCNC(=O)/C=C/[C@H](Cc2cccc(C)c2)NC1=O)C(C)C. The third kappa shape index (κ3) is 11.6. The summed E-state index contributed by atoms with van der Waals surface area (Å²) in [6, 6.07) is 5.03. The van der Waals surface area contributed by atoms with Gasteiger partial charge in [-0.15, -0.1) is 0 Å². The Morgan fingerprint density at radius 2 is 1.90 bits per heavy atom. The first-order valence-corrected chi connectivity index (χ1v) is 13.3. The lowest BCUT2D eigenvalue weighted by molar-refractivity contribution is -0.144. The average Bonchev–Trinajstić information content (AvgIpc) is 2.90. The second-order valence-electron chi connectivity index (χ2n) is 10.00. The van der Waals surface area contributed by atoms with Crippen LogP contribution in [0.2, 0.25) is 0 Å². The summed E-state index contributed by atoms with van der Waals surface area (Å²) in [6.45, 7) is 5.63. The second-order valence-corrected chi connectivity index (χ2v) is 10.00. The minimum atomic E-state index is -0.862. The van der Waals surface area contributed by atoms with Gasteiger partial charge in [0.1, 0.15) is 12.1 Å². The highest BCUT2D eigenvalue weighted by atomic mass is 16.5. The quantitative estimate of drug-likeness (QED) is 0.311. The molecule has 1 aromatic rings. The molecule has 214 valence electrons. The standard InChI is InChI=1S/C28H41N5O6/c1-18(2)25(27(37)39-4)33-28(38)30-17-24(35)32-22-11-6-5-7-14-29-23(34)13-12-21(31-26(22)36)16-20-10-8-9-19(3)15-20/h8-10,12-13,15,18,21-22,25H,5-7,11,14,16-17H2,1-4H3,(H,29,34)(H,31,36)(H,32,35)(H2,30,33,38)/b13-12+/t21-,22+,25?/m1/s1. The Labute approximate surface area is 229 Å². The summed E-state index contributed by atoms with van der Waals surface area (Å²) < 4.78 is 4.70. The molecule has 0 saturated heterocycles. The van der Waals surface area contributed by atoms with Crippen molar-refractivity contribution in [1.29, 1.82) is 0 Å². The van der Waals surface area contributed by atoms with Crippen LogP contribution in [0.4, 0.5) is 4.79 Å². The lowest BCUT2D eigenvalue weighted by Crippen LogP contribution is -2.53. The number of rotatable bonds is 8. The molecular formula is C28H41N5O6. The van der Waals surface area contributed by atoms with Crippen LogP contribution in [0.5, 0.6) is 0 Å². The number of carbonyl (C=O) groups is 5. The lowest BCUT2D eigenvalue weighted by Gasteiger charge is -2.23. The fourth-order valence-corrected chi connectivity index (χ4v) is 4.16. The van der Waals surface area contributed by atoms with Crippen LogP contribution in [-0.2, 0) is 30.3 Å². The smallest absolute Gasteiger partial charge is 0.328 e. The molecule has 39 heavy (non-hydrogen) atoms. The van der Waals surface area contributed by atoms with Gasteiger partial charge in [-0.2, -0.15) is 0 Å². The van der Waals surface area contributed by atoms with Crippen molar-refractivity contribution in [2.45, 2.75) is 71.0 Å². The van der Waals surface area contributed by atoms with Crippen molar-refractivity contribution < 1.29 is 28.7 Å². The topological polar surface area (TPSA) is 155 Å². The number of aryl methyl sites for hydroxylation is 1. The molecule has 11 nitrogen and oxygen atoms in total. The molecule has 0 aromatic heterocycles. The van der Waals surface area contributed by atoms with E-state index in [0.717, 1.165) is 24.0 Å². The van der Waals surface area contributed by atoms with Crippen molar-refractivity contribution >= 4 is 29.7 Å². The molecule has 1 heterocycles. The first-order valence-electron chi connectivity index (χ1n) is 13.3. The molecule has 1 aliphatic heterocycles. The molecule has 5 amide bonds. The van der Waals surface area contributed by atoms with Crippen molar-refractivity contribution in [3.05, 3.63) is 47.5 Å². The Bertz CT molecular complexity index is 1040. The minimum Gasteiger partial charge on any atom is -0.467 e. The van der Waals surface area contributed by atoms with Crippen LogP contribution in [0, 0.1) is 12.8 Å². The van der Waals surface area contributed by atoms with E-state index in [2.05, 4.69) is 26.6 Å². The van der Waals surface area contributed by atoms with Crippen LogP contribution in [0.3, 0.4) is 0 Å². The zero-order valence-electron chi connectivity index (χ0n) is 23.2. The van der Waals surface area contributed by atoms with Crippen molar-refractivity contribution in [2.75, 3.05) is 20.2 Å². The Morgan fingerprint density at radius 1 is 1.13 bits per heavy atom. The maximum absolute atomic E-state index is 13.3. The number of methoxy groups -OCH3 is 1. The summed E-state index contributed by atoms with van der Waals surface area (Å²) >= 11 is 0. The van der Waals surface area contributed by atoms with Crippen LogP contribution in [0.15, 0.2) is 36.4 Å². The van der Waals surface area contributed by atoms with Crippen molar-refractivity contribution in [3.8, 4) is 0 Å². The number of hydrogen-bond donors (Lipinski definition) is 5. The molecule has 3 atom stereocenters.